The molecule has 1 radical (unpaired) electrons. The lowest BCUT2D eigenvalue weighted by Gasteiger charge is -2.03. The molecule has 1 rings (SSSR count). The van der Waals surface area contributed by atoms with Crippen LogP contribution in [0.4, 0.5) is 0 Å². The normalized spacial score (nSPS) is 9.67. The maximum atomic E-state index is 10.7. The minimum Gasteiger partial charge on any atom is -0.504 e. The number of rotatable bonds is 8. The van der Waals surface area contributed by atoms with Crippen LogP contribution in [0.3, 0.4) is 0 Å². The van der Waals surface area contributed by atoms with Crippen LogP contribution in [0.2, 0.25) is 0 Å². The van der Waals surface area contributed by atoms with Crippen molar-refractivity contribution in [3.63, 3.8) is 0 Å². The average Bonchev–Trinajstić information content (AvgIpc) is 2.48. The fourth-order valence-electron chi connectivity index (χ4n) is 1.79. The predicted octanol–water partition coefficient (Wildman–Crippen LogP) is 4.07. The van der Waals surface area contributed by atoms with E-state index in [2.05, 4.69) is 13.8 Å². The number of hydrogen-bond donors (Lipinski definition) is 2. The number of phenols is 1. The molecule has 0 saturated heterocycles. The molecule has 0 aliphatic carbocycles. The third-order valence-electron chi connectivity index (χ3n) is 3.07. The summed E-state index contributed by atoms with van der Waals surface area (Å²) in [5.74, 6) is -0.317. The first-order valence-corrected chi connectivity index (χ1v) is 7.52. The van der Waals surface area contributed by atoms with E-state index < -0.39 is 5.91 Å². The van der Waals surface area contributed by atoms with E-state index in [-0.39, 0.29) is 11.5 Å². The van der Waals surface area contributed by atoms with Gasteiger partial charge in [0.05, 0.1) is 7.11 Å². The third kappa shape index (κ3) is 8.95. The van der Waals surface area contributed by atoms with Gasteiger partial charge in [-0.15, -0.1) is 0 Å². The molecular weight excluding hydrogens is 266 g/mol. The van der Waals surface area contributed by atoms with Gasteiger partial charge < -0.3 is 15.6 Å². The summed E-state index contributed by atoms with van der Waals surface area (Å²) in [7, 11) is 1.40. The van der Waals surface area contributed by atoms with Crippen molar-refractivity contribution in [3.8, 4) is 11.5 Å². The zero-order valence-corrected chi connectivity index (χ0v) is 13.2. The van der Waals surface area contributed by atoms with Crippen molar-refractivity contribution in [2.45, 2.75) is 51.9 Å². The second-order valence-electron chi connectivity index (χ2n) is 4.87. The molecule has 3 N–H and O–H groups in total. The van der Waals surface area contributed by atoms with Crippen molar-refractivity contribution in [1.82, 2.24) is 0 Å². The van der Waals surface area contributed by atoms with Gasteiger partial charge in [-0.05, 0) is 18.2 Å². The van der Waals surface area contributed by atoms with Gasteiger partial charge in [0.2, 0.25) is 5.91 Å². The first-order chi connectivity index (χ1) is 10.1. The van der Waals surface area contributed by atoms with Crippen LogP contribution in [0, 0.1) is 6.92 Å². The van der Waals surface area contributed by atoms with E-state index in [9.17, 15) is 4.79 Å². The highest BCUT2D eigenvalue weighted by molar-refractivity contribution is 5.93. The van der Waals surface area contributed by atoms with Gasteiger partial charge in [0, 0.05) is 5.56 Å². The Morgan fingerprint density at radius 3 is 2.38 bits per heavy atom. The number of methoxy groups -OCH3 is 1. The summed E-state index contributed by atoms with van der Waals surface area (Å²) in [5, 5.41) is 9.14. The van der Waals surface area contributed by atoms with Crippen molar-refractivity contribution in [3.05, 3.63) is 30.7 Å². The highest BCUT2D eigenvalue weighted by Crippen LogP contribution is 2.25. The van der Waals surface area contributed by atoms with E-state index in [0.29, 0.717) is 5.56 Å². The van der Waals surface area contributed by atoms with Gasteiger partial charge in [-0.25, -0.2) is 0 Å². The standard InChI is InChI=1S/C9H19.C8H9NO3/c1-3-5-7-9-8-6-4-2;1-12-7-4-5(8(9)11)2-3-6(7)10/h1,3-9H2,2H3;2-4,10H,1H3,(H2,9,11). The largest absolute Gasteiger partial charge is 0.504 e. The molecule has 0 aromatic heterocycles. The molecule has 0 bridgehead atoms. The Kier molecular flexibility index (Phi) is 11.1. The molecule has 0 aliphatic rings. The quantitative estimate of drug-likeness (QED) is 0.710. The molecule has 0 spiro atoms. The second-order valence-corrected chi connectivity index (χ2v) is 4.87. The molecule has 0 atom stereocenters. The summed E-state index contributed by atoms with van der Waals surface area (Å²) >= 11 is 0. The average molecular weight is 294 g/mol. The van der Waals surface area contributed by atoms with E-state index in [1.807, 2.05) is 0 Å². The van der Waals surface area contributed by atoms with Crippen molar-refractivity contribution < 1.29 is 14.6 Å². The maximum Gasteiger partial charge on any atom is 0.248 e. The summed E-state index contributed by atoms with van der Waals surface area (Å²) in [6, 6.07) is 4.18. The Morgan fingerprint density at radius 1 is 1.24 bits per heavy atom. The van der Waals surface area contributed by atoms with E-state index in [0.717, 1.165) is 6.42 Å². The van der Waals surface area contributed by atoms with Crippen LogP contribution in [-0.2, 0) is 0 Å². The smallest absolute Gasteiger partial charge is 0.248 e. The molecule has 0 unspecified atom stereocenters. The molecule has 119 valence electrons. The molecule has 1 aromatic carbocycles. The zero-order valence-electron chi connectivity index (χ0n) is 13.2. The first kappa shape index (κ1) is 19.3. The predicted molar refractivity (Wildman–Crippen MR) is 86.5 cm³/mol. The number of hydrogen-bond acceptors (Lipinski definition) is 3. The van der Waals surface area contributed by atoms with Crippen LogP contribution in [0.5, 0.6) is 11.5 Å². The van der Waals surface area contributed by atoms with Gasteiger partial charge in [-0.3, -0.25) is 4.79 Å². The lowest BCUT2D eigenvalue weighted by molar-refractivity contribution is 0.1000. The lowest BCUT2D eigenvalue weighted by atomic mass is 10.1. The van der Waals surface area contributed by atoms with Crippen LogP contribution in [-0.4, -0.2) is 18.1 Å². The van der Waals surface area contributed by atoms with E-state index in [1.54, 1.807) is 0 Å². The monoisotopic (exact) mass is 294 g/mol. The minimum atomic E-state index is -0.548. The number of benzene rings is 1. The molecule has 4 heteroatoms. The minimum absolute atomic E-state index is 0.0116. The third-order valence-corrected chi connectivity index (χ3v) is 3.07. The second kappa shape index (κ2) is 12.1. The number of nitrogens with two attached hydrogens (primary N) is 1. The summed E-state index contributed by atoms with van der Waals surface area (Å²) < 4.78 is 4.78. The lowest BCUT2D eigenvalue weighted by Crippen LogP contribution is -2.10. The number of unbranched alkanes of at least 4 members (excludes halogenated alkanes) is 6. The summed E-state index contributed by atoms with van der Waals surface area (Å²) in [4.78, 5) is 10.7. The maximum absolute atomic E-state index is 10.7. The highest BCUT2D eigenvalue weighted by atomic mass is 16.5. The molecule has 4 nitrogen and oxygen atoms in total. The Balaban J connectivity index is 0.000000400. The fraction of sp³-hybridized carbons (Fsp3) is 0.529. The summed E-state index contributed by atoms with van der Waals surface area (Å²) in [6.07, 6.45) is 9.45. The van der Waals surface area contributed by atoms with Gasteiger partial charge in [-0.1, -0.05) is 58.8 Å². The number of carbonyl (C=O) groups is 1. The molecule has 0 aliphatic heterocycles. The molecule has 1 aromatic rings. The Hall–Kier alpha value is -1.71. The van der Waals surface area contributed by atoms with Crippen molar-refractivity contribution >= 4 is 5.91 Å². The van der Waals surface area contributed by atoms with Crippen LogP contribution in [0.1, 0.15) is 62.2 Å². The Bertz CT molecular complexity index is 399. The van der Waals surface area contributed by atoms with Gasteiger partial charge in [0.1, 0.15) is 0 Å². The number of aromatic hydroxyl groups is 1. The number of ether oxygens (including phenoxy) is 1. The molecule has 0 heterocycles. The van der Waals surface area contributed by atoms with Crippen LogP contribution >= 0.6 is 0 Å². The van der Waals surface area contributed by atoms with E-state index in [1.165, 1.54) is 63.8 Å². The van der Waals surface area contributed by atoms with E-state index in [4.69, 9.17) is 15.6 Å². The molecule has 0 saturated carbocycles. The number of carbonyl (C=O) groups excluding carboxylic acids is 1. The SMILES string of the molecule is COc1cc(C(N)=O)ccc1O.[CH2]CCCCCCCC. The van der Waals surface area contributed by atoms with Gasteiger partial charge in [-0.2, -0.15) is 0 Å². The fourth-order valence-corrected chi connectivity index (χ4v) is 1.79. The van der Waals surface area contributed by atoms with Crippen molar-refractivity contribution in [1.29, 1.82) is 0 Å². The van der Waals surface area contributed by atoms with Crippen molar-refractivity contribution in [2.24, 2.45) is 5.73 Å². The van der Waals surface area contributed by atoms with Gasteiger partial charge in [0.15, 0.2) is 11.5 Å². The summed E-state index contributed by atoms with van der Waals surface area (Å²) in [6.45, 7) is 6.05. The van der Waals surface area contributed by atoms with Crippen LogP contribution < -0.4 is 10.5 Å². The Morgan fingerprint density at radius 2 is 1.86 bits per heavy atom. The topological polar surface area (TPSA) is 72.5 Å². The number of primary amides is 1. The zero-order chi connectivity index (χ0) is 16.1. The number of amides is 1. The van der Waals surface area contributed by atoms with E-state index >= 15 is 0 Å². The molecular formula is C17H28NO3. The Labute approximate surface area is 128 Å². The highest BCUT2D eigenvalue weighted by Gasteiger charge is 2.05. The van der Waals surface area contributed by atoms with Gasteiger partial charge in [0.25, 0.3) is 0 Å². The van der Waals surface area contributed by atoms with Crippen LogP contribution in [0.15, 0.2) is 18.2 Å². The van der Waals surface area contributed by atoms with Crippen LogP contribution in [0.25, 0.3) is 0 Å². The first-order valence-electron chi connectivity index (χ1n) is 7.52. The molecule has 21 heavy (non-hydrogen) atoms. The van der Waals surface area contributed by atoms with Crippen molar-refractivity contribution in [2.75, 3.05) is 7.11 Å². The van der Waals surface area contributed by atoms with Gasteiger partial charge >= 0.3 is 0 Å². The molecule has 1 amide bonds. The molecule has 0 fully saturated rings. The number of phenolic OH excluding ortho intramolecular Hbond substituents is 1. The summed E-state index contributed by atoms with van der Waals surface area (Å²) in [5.41, 5.74) is 5.32.